The Morgan fingerprint density at radius 3 is 0.941 bits per heavy atom. The zero-order chi connectivity index (χ0) is 12.2. The van der Waals surface area contributed by atoms with E-state index in [0.29, 0.717) is 0 Å². The van der Waals surface area contributed by atoms with Crippen LogP contribution in [0.2, 0.25) is 4.71 Å². The van der Waals surface area contributed by atoms with Crippen LogP contribution in [0.3, 0.4) is 0 Å². The van der Waals surface area contributed by atoms with E-state index < -0.39 is 0 Å². The molecule has 1 fully saturated rings. The van der Waals surface area contributed by atoms with Crippen LogP contribution in [0.25, 0.3) is 0 Å². The van der Waals surface area contributed by atoms with E-state index in [-0.39, 0.29) is 0 Å². The minimum absolute atomic E-state index is 1.05. The van der Waals surface area contributed by atoms with Gasteiger partial charge in [-0.3, -0.25) is 0 Å². The van der Waals surface area contributed by atoms with Gasteiger partial charge in [0.05, 0.1) is 0 Å². The van der Waals surface area contributed by atoms with Gasteiger partial charge in [-0.1, -0.05) is 0 Å². The predicted octanol–water partition coefficient (Wildman–Crippen LogP) is 5.27. The van der Waals surface area contributed by atoms with Crippen LogP contribution in [0, 0.1) is 0 Å². The van der Waals surface area contributed by atoms with E-state index in [1.165, 1.54) is 96.3 Å². The number of rotatable bonds is 0. The van der Waals surface area contributed by atoms with Gasteiger partial charge in [0.25, 0.3) is 0 Å². The molecule has 0 spiro atoms. The average molecular weight is 300 g/mol. The first-order chi connectivity index (χ1) is 8.39. The van der Waals surface area contributed by atoms with Gasteiger partial charge in [0, 0.05) is 0 Å². The first-order valence-electron chi connectivity index (χ1n) is 8.15. The summed E-state index contributed by atoms with van der Waals surface area (Å²) in [5.41, 5.74) is 0. The van der Waals surface area contributed by atoms with E-state index in [0.717, 1.165) is 4.71 Å². The summed E-state index contributed by atoms with van der Waals surface area (Å²) in [7, 11) is 0. The molecule has 0 N–H and O–H groups in total. The molecule has 1 heteroatoms. The van der Waals surface area contributed by atoms with Crippen molar-refractivity contribution in [3.63, 3.8) is 0 Å². The van der Waals surface area contributed by atoms with Crippen LogP contribution in [0.1, 0.15) is 96.3 Å². The molecule has 0 aromatic carbocycles. The van der Waals surface area contributed by atoms with Gasteiger partial charge in [0.1, 0.15) is 0 Å². The quantitative estimate of drug-likeness (QED) is 0.534. The van der Waals surface area contributed by atoms with Gasteiger partial charge in [-0.2, -0.15) is 0 Å². The number of hydrogen-bond acceptors (Lipinski definition) is 0. The molecule has 1 atom stereocenters. The standard InChI is InChI=1S/C16H33As/c17-16-14-12-10-8-6-4-2-1-3-5-7-9-11-13-15-16/h16H,1-15,17H2. The van der Waals surface area contributed by atoms with Gasteiger partial charge < -0.3 is 0 Å². The van der Waals surface area contributed by atoms with E-state index in [4.69, 9.17) is 0 Å². The van der Waals surface area contributed by atoms with Crippen molar-refractivity contribution in [3.05, 3.63) is 0 Å². The van der Waals surface area contributed by atoms with Crippen molar-refractivity contribution in [2.45, 2.75) is 101 Å². The molecule has 1 saturated carbocycles. The Morgan fingerprint density at radius 2 is 0.647 bits per heavy atom. The Balaban J connectivity index is 2.09. The van der Waals surface area contributed by atoms with Crippen LogP contribution in [0.4, 0.5) is 0 Å². The fourth-order valence-electron chi connectivity index (χ4n) is 2.90. The summed E-state index contributed by atoms with van der Waals surface area (Å²) in [6, 6.07) is 0. The Labute approximate surface area is 118 Å². The SMILES string of the molecule is [AsH2]C1CCCCCCCCCCCCCCC1. The van der Waals surface area contributed by atoms with Crippen LogP contribution in [0.15, 0.2) is 0 Å². The van der Waals surface area contributed by atoms with Crippen molar-refractivity contribution in [2.24, 2.45) is 0 Å². The van der Waals surface area contributed by atoms with Crippen LogP contribution >= 0.6 is 0 Å². The van der Waals surface area contributed by atoms with E-state index in [1.54, 1.807) is 0 Å². The second-order valence-corrected chi connectivity index (χ2v) is 7.91. The molecule has 102 valence electrons. The number of hydrogen-bond donors (Lipinski definition) is 0. The fourth-order valence-corrected chi connectivity index (χ4v) is 3.89. The van der Waals surface area contributed by atoms with Crippen molar-refractivity contribution >= 4 is 16.9 Å². The maximum atomic E-state index is 2.00. The minimum atomic E-state index is 1.05. The van der Waals surface area contributed by atoms with Gasteiger partial charge in [-0.25, -0.2) is 0 Å². The Morgan fingerprint density at radius 1 is 0.412 bits per heavy atom. The fraction of sp³-hybridized carbons (Fsp3) is 1.00. The van der Waals surface area contributed by atoms with Crippen LogP contribution < -0.4 is 0 Å². The van der Waals surface area contributed by atoms with E-state index in [1.807, 2.05) is 16.9 Å². The van der Waals surface area contributed by atoms with E-state index >= 15 is 0 Å². The zero-order valence-electron chi connectivity index (χ0n) is 11.8. The Bertz CT molecular complexity index is 140. The zero-order valence-corrected chi connectivity index (χ0v) is 14.2. The summed E-state index contributed by atoms with van der Waals surface area (Å²) >= 11 is 2.00. The molecule has 0 aromatic rings. The summed E-state index contributed by atoms with van der Waals surface area (Å²) in [5, 5.41) is 0. The average Bonchev–Trinajstić information content (AvgIpc) is 2.32. The molecule has 17 heavy (non-hydrogen) atoms. The van der Waals surface area contributed by atoms with Crippen molar-refractivity contribution in [1.29, 1.82) is 0 Å². The predicted molar refractivity (Wildman–Crippen MR) is 81.5 cm³/mol. The molecule has 1 aliphatic carbocycles. The molecule has 0 heterocycles. The molecular weight excluding hydrogens is 267 g/mol. The third-order valence-electron chi connectivity index (χ3n) is 4.15. The summed E-state index contributed by atoms with van der Waals surface area (Å²) in [4.78, 5) is 0. The summed E-state index contributed by atoms with van der Waals surface area (Å²) < 4.78 is 1.05. The van der Waals surface area contributed by atoms with Crippen LogP contribution in [-0.2, 0) is 0 Å². The van der Waals surface area contributed by atoms with Gasteiger partial charge in [-0.15, -0.1) is 0 Å². The normalized spacial score (nSPS) is 24.5. The van der Waals surface area contributed by atoms with Crippen molar-refractivity contribution in [3.8, 4) is 0 Å². The molecular formula is C16H33As. The molecule has 0 aliphatic heterocycles. The molecule has 0 saturated heterocycles. The third-order valence-corrected chi connectivity index (χ3v) is 5.55. The molecule has 0 amide bonds. The van der Waals surface area contributed by atoms with Crippen molar-refractivity contribution in [1.82, 2.24) is 0 Å². The van der Waals surface area contributed by atoms with E-state index in [2.05, 4.69) is 0 Å². The van der Waals surface area contributed by atoms with Crippen LogP contribution in [0.5, 0.6) is 0 Å². The molecule has 0 radical (unpaired) electrons. The molecule has 1 unspecified atom stereocenters. The molecule has 0 bridgehead atoms. The summed E-state index contributed by atoms with van der Waals surface area (Å²) in [6.45, 7) is 0. The molecule has 0 nitrogen and oxygen atoms in total. The first-order valence-corrected chi connectivity index (χ1v) is 9.55. The first kappa shape index (κ1) is 15.6. The second kappa shape index (κ2) is 11.6. The van der Waals surface area contributed by atoms with Crippen molar-refractivity contribution < 1.29 is 0 Å². The second-order valence-electron chi connectivity index (χ2n) is 5.93. The van der Waals surface area contributed by atoms with Crippen LogP contribution in [-0.4, -0.2) is 16.9 Å². The molecule has 1 aliphatic rings. The summed E-state index contributed by atoms with van der Waals surface area (Å²) in [6.07, 6.45) is 22.5. The third kappa shape index (κ3) is 10.2. The monoisotopic (exact) mass is 300 g/mol. The Hall–Kier alpha value is 0.558. The van der Waals surface area contributed by atoms with Gasteiger partial charge >= 0.3 is 118 Å². The summed E-state index contributed by atoms with van der Waals surface area (Å²) in [5.74, 6) is 0. The van der Waals surface area contributed by atoms with E-state index in [9.17, 15) is 0 Å². The van der Waals surface area contributed by atoms with Crippen molar-refractivity contribution in [2.75, 3.05) is 0 Å². The Kier molecular flexibility index (Phi) is 10.7. The van der Waals surface area contributed by atoms with Gasteiger partial charge in [0.2, 0.25) is 0 Å². The van der Waals surface area contributed by atoms with Gasteiger partial charge in [-0.05, 0) is 0 Å². The van der Waals surface area contributed by atoms with Gasteiger partial charge in [0.15, 0.2) is 0 Å². The molecule has 1 rings (SSSR count). The maximum absolute atomic E-state index is 2.00. The molecule has 0 aromatic heterocycles. The topological polar surface area (TPSA) is 0 Å².